The van der Waals surface area contributed by atoms with Crippen LogP contribution in [0, 0.1) is 40.2 Å². The standard InChI is InChI=1S/C43H57F2NO5/c1-27-4-3-12-41(2)37(35-9-6-28(17-33(48)8-5-27)18-36(35)40(50)32-7-10-38(44)39(45)19-32)11-13-43(41,51)26-46(23-34(49)24-47)25-42-20-29-14-30(21-42)16-31(15-29)22-42/h4,6-7,9-10,18-19,29-31,33-34,37,47-49,51H,3,5,8,11-17,20-26H2,1-2H3/t29?,30?,31?,33-,34-,37-,41-,42?,43+/m0/s1. The Labute approximate surface area is 302 Å². The normalized spacial score (nSPS) is 35.5. The molecule has 4 N–H and O–H groups in total. The van der Waals surface area contributed by atoms with Gasteiger partial charge in [-0.25, -0.2) is 8.78 Å². The van der Waals surface area contributed by atoms with Crippen LogP contribution in [-0.2, 0) is 6.42 Å². The third kappa shape index (κ3) is 7.37. The Kier molecular flexibility index (Phi) is 10.4. The van der Waals surface area contributed by atoms with Crippen LogP contribution in [0.2, 0.25) is 0 Å². The molecule has 0 aromatic heterocycles. The molecule has 2 aromatic rings. The molecule has 278 valence electrons. The molecule has 6 bridgehead atoms. The molecule has 0 radical (unpaired) electrons. The van der Waals surface area contributed by atoms with Crippen LogP contribution in [0.5, 0.6) is 0 Å². The largest absolute Gasteiger partial charge is 0.394 e. The number of halogens is 2. The molecule has 9 rings (SSSR count). The van der Waals surface area contributed by atoms with Crippen LogP contribution < -0.4 is 0 Å². The van der Waals surface area contributed by atoms with E-state index in [1.54, 1.807) is 0 Å². The number of benzene rings is 2. The molecule has 5 fully saturated rings. The van der Waals surface area contributed by atoms with Gasteiger partial charge in [0.2, 0.25) is 0 Å². The van der Waals surface area contributed by atoms with Gasteiger partial charge in [0.1, 0.15) is 0 Å². The van der Waals surface area contributed by atoms with E-state index in [0.29, 0.717) is 44.2 Å². The number of ketones is 1. The van der Waals surface area contributed by atoms with Gasteiger partial charge in [-0.1, -0.05) is 30.7 Å². The van der Waals surface area contributed by atoms with E-state index < -0.39 is 40.6 Å². The highest BCUT2D eigenvalue weighted by molar-refractivity contribution is 6.10. The smallest absolute Gasteiger partial charge is 0.193 e. The first kappa shape index (κ1) is 36.9. The van der Waals surface area contributed by atoms with Crippen molar-refractivity contribution in [2.24, 2.45) is 28.6 Å². The molecule has 0 spiro atoms. The monoisotopic (exact) mass is 705 g/mol. The number of hydrogen-bond donors (Lipinski definition) is 4. The van der Waals surface area contributed by atoms with Crippen molar-refractivity contribution in [1.29, 1.82) is 0 Å². The van der Waals surface area contributed by atoms with Crippen molar-refractivity contribution in [2.75, 3.05) is 26.2 Å². The van der Waals surface area contributed by atoms with Crippen molar-refractivity contribution in [3.05, 3.63) is 81.9 Å². The molecule has 5 saturated carbocycles. The number of carbonyl (C=O) groups excluding carboxylic acids is 1. The minimum Gasteiger partial charge on any atom is -0.394 e. The first-order valence-electron chi connectivity index (χ1n) is 19.5. The molecule has 8 heteroatoms. The molecule has 7 aliphatic rings. The Morgan fingerprint density at radius 1 is 0.961 bits per heavy atom. The van der Waals surface area contributed by atoms with Crippen molar-refractivity contribution in [3.63, 3.8) is 0 Å². The summed E-state index contributed by atoms with van der Waals surface area (Å²) in [7, 11) is 0. The number of nitrogens with zero attached hydrogens (tertiary/aromatic N) is 1. The fourth-order valence-corrected chi connectivity index (χ4v) is 11.9. The molecule has 2 aromatic carbocycles. The molecule has 0 aliphatic heterocycles. The number of fused-ring (bicyclic) bond motifs is 8. The van der Waals surface area contributed by atoms with E-state index >= 15 is 0 Å². The molecule has 7 aliphatic carbocycles. The molecule has 0 saturated heterocycles. The van der Waals surface area contributed by atoms with Gasteiger partial charge in [0.25, 0.3) is 0 Å². The number of aliphatic hydroxyl groups is 4. The quantitative estimate of drug-likeness (QED) is 0.164. The minimum atomic E-state index is -1.16. The second-order valence-electron chi connectivity index (χ2n) is 17.8. The number of aliphatic hydroxyl groups excluding tert-OH is 3. The van der Waals surface area contributed by atoms with E-state index in [1.165, 1.54) is 50.2 Å². The number of hydrogen-bond acceptors (Lipinski definition) is 6. The summed E-state index contributed by atoms with van der Waals surface area (Å²) in [6.07, 6.45) is 12.5. The lowest BCUT2D eigenvalue weighted by molar-refractivity contribution is -0.114. The Hall–Kier alpha value is -2.49. The van der Waals surface area contributed by atoms with Crippen molar-refractivity contribution in [1.82, 2.24) is 4.90 Å². The van der Waals surface area contributed by atoms with Gasteiger partial charge in [0, 0.05) is 36.2 Å². The lowest BCUT2D eigenvalue weighted by Gasteiger charge is -2.58. The molecule has 0 heterocycles. The van der Waals surface area contributed by atoms with Gasteiger partial charge in [0.15, 0.2) is 17.4 Å². The van der Waals surface area contributed by atoms with E-state index in [1.807, 2.05) is 18.2 Å². The van der Waals surface area contributed by atoms with E-state index in [0.717, 1.165) is 60.4 Å². The highest BCUT2D eigenvalue weighted by atomic mass is 19.2. The second-order valence-corrected chi connectivity index (χ2v) is 17.8. The van der Waals surface area contributed by atoms with E-state index in [-0.39, 0.29) is 30.0 Å². The van der Waals surface area contributed by atoms with E-state index in [9.17, 15) is 34.0 Å². The fourth-order valence-electron chi connectivity index (χ4n) is 11.9. The summed E-state index contributed by atoms with van der Waals surface area (Å²) >= 11 is 0. The van der Waals surface area contributed by atoms with Gasteiger partial charge in [-0.05, 0) is 155 Å². The Morgan fingerprint density at radius 3 is 2.33 bits per heavy atom. The third-order valence-electron chi connectivity index (χ3n) is 14.0. The van der Waals surface area contributed by atoms with Crippen molar-refractivity contribution in [3.8, 4) is 0 Å². The average Bonchev–Trinajstić information content (AvgIpc) is 3.32. The SMILES string of the molecule is CC1=CCC[C@@]2(C)[C@@H](CC[C@@]2(O)CN(C[C@H](O)CO)CC23CC4CC(CC(C4)C2)C3)c2ccc(cc2C(=O)c2ccc(F)c(F)c2)C[C@@H](O)CC1. The van der Waals surface area contributed by atoms with Crippen LogP contribution >= 0.6 is 0 Å². The summed E-state index contributed by atoms with van der Waals surface area (Å²) in [6, 6.07) is 8.98. The third-order valence-corrected chi connectivity index (χ3v) is 14.0. The molecule has 0 amide bonds. The van der Waals surface area contributed by atoms with E-state index in [4.69, 9.17) is 0 Å². The average molecular weight is 706 g/mol. The summed E-state index contributed by atoms with van der Waals surface area (Å²) < 4.78 is 28.4. The van der Waals surface area contributed by atoms with E-state index in [2.05, 4.69) is 24.8 Å². The summed E-state index contributed by atoms with van der Waals surface area (Å²) in [6.45, 7) is 5.35. The lowest BCUT2D eigenvalue weighted by atomic mass is 9.49. The van der Waals surface area contributed by atoms with Crippen LogP contribution in [0.3, 0.4) is 0 Å². The van der Waals surface area contributed by atoms with Crippen molar-refractivity contribution < 1.29 is 34.0 Å². The molecule has 5 atom stereocenters. The van der Waals surface area contributed by atoms with Crippen molar-refractivity contribution >= 4 is 5.78 Å². The first-order valence-corrected chi connectivity index (χ1v) is 19.5. The maximum absolute atomic E-state index is 14.4. The molecular formula is C43H57F2NO5. The predicted octanol–water partition coefficient (Wildman–Crippen LogP) is 7.11. The highest BCUT2D eigenvalue weighted by Crippen LogP contribution is 2.62. The summed E-state index contributed by atoms with van der Waals surface area (Å²) in [5.41, 5.74) is 1.57. The first-order chi connectivity index (χ1) is 24.3. The fraction of sp³-hybridized carbons (Fsp3) is 0.651. The van der Waals surface area contributed by atoms with Gasteiger partial charge >= 0.3 is 0 Å². The molecular weight excluding hydrogens is 648 g/mol. The zero-order chi connectivity index (χ0) is 36.1. The van der Waals surface area contributed by atoms with Crippen LogP contribution in [0.1, 0.15) is 124 Å². The second kappa shape index (κ2) is 14.4. The summed E-state index contributed by atoms with van der Waals surface area (Å²) in [5, 5.41) is 44.8. The van der Waals surface area contributed by atoms with Gasteiger partial charge in [-0.3, -0.25) is 9.69 Å². The lowest BCUT2D eigenvalue weighted by Crippen LogP contribution is -2.57. The van der Waals surface area contributed by atoms with Crippen LogP contribution in [0.4, 0.5) is 8.78 Å². The zero-order valence-corrected chi connectivity index (χ0v) is 30.4. The molecule has 51 heavy (non-hydrogen) atoms. The van der Waals surface area contributed by atoms with Crippen LogP contribution in [0.25, 0.3) is 0 Å². The predicted molar refractivity (Wildman–Crippen MR) is 193 cm³/mol. The summed E-state index contributed by atoms with van der Waals surface area (Å²) in [4.78, 5) is 16.5. The number of carbonyl (C=O) groups is 1. The Morgan fingerprint density at radius 2 is 1.67 bits per heavy atom. The maximum Gasteiger partial charge on any atom is 0.193 e. The minimum absolute atomic E-state index is 0.0576. The maximum atomic E-state index is 14.4. The number of rotatable bonds is 9. The zero-order valence-electron chi connectivity index (χ0n) is 30.4. The van der Waals surface area contributed by atoms with Gasteiger partial charge < -0.3 is 20.4 Å². The Bertz CT molecular complexity index is 1610. The Balaban J connectivity index is 1.27. The molecule has 6 nitrogen and oxygen atoms in total. The van der Waals surface area contributed by atoms with Gasteiger partial charge in [0.05, 0.1) is 24.4 Å². The van der Waals surface area contributed by atoms with Crippen LogP contribution in [0.15, 0.2) is 48.0 Å². The van der Waals surface area contributed by atoms with Crippen LogP contribution in [-0.4, -0.2) is 75.2 Å². The number of allylic oxidation sites excluding steroid dienone is 2. The van der Waals surface area contributed by atoms with Gasteiger partial charge in [-0.2, -0.15) is 0 Å². The summed E-state index contributed by atoms with van der Waals surface area (Å²) in [5.74, 6) is -0.423. The molecule has 0 unspecified atom stereocenters. The van der Waals surface area contributed by atoms with Gasteiger partial charge in [-0.15, -0.1) is 0 Å². The van der Waals surface area contributed by atoms with Crippen molar-refractivity contribution in [2.45, 2.75) is 121 Å². The highest BCUT2D eigenvalue weighted by Gasteiger charge is 2.58. The topological polar surface area (TPSA) is 101 Å².